The molecule has 0 saturated carbocycles. The minimum atomic E-state index is 0.125. The average Bonchev–Trinajstić information content (AvgIpc) is 3.45. The Bertz CT molecular complexity index is 970. The van der Waals surface area contributed by atoms with Crippen molar-refractivity contribution in [3.05, 3.63) is 22.3 Å². The summed E-state index contributed by atoms with van der Waals surface area (Å²) in [5, 5.41) is 12.5. The highest BCUT2D eigenvalue weighted by Crippen LogP contribution is 2.41. The number of rotatable bonds is 2. The van der Waals surface area contributed by atoms with Crippen LogP contribution in [0.5, 0.6) is 0 Å². The lowest BCUT2D eigenvalue weighted by molar-refractivity contribution is -0.144. The van der Waals surface area contributed by atoms with Crippen molar-refractivity contribution in [2.45, 2.75) is 51.0 Å². The van der Waals surface area contributed by atoms with Gasteiger partial charge in [0.05, 0.1) is 5.56 Å². The maximum absolute atomic E-state index is 13.8. The average molecular weight is 413 g/mol. The molecule has 3 saturated heterocycles. The monoisotopic (exact) mass is 412 g/mol. The lowest BCUT2D eigenvalue weighted by Gasteiger charge is -2.52. The third-order valence-electron chi connectivity index (χ3n) is 7.14. The molecule has 8 nitrogen and oxygen atoms in total. The van der Waals surface area contributed by atoms with Crippen LogP contribution in [0, 0.1) is 11.8 Å². The first-order valence-electron chi connectivity index (χ1n) is 10.7. The first-order valence-corrected chi connectivity index (χ1v) is 11.5. The van der Waals surface area contributed by atoms with E-state index in [1.54, 1.807) is 22.3 Å². The van der Waals surface area contributed by atoms with E-state index in [1.807, 2.05) is 0 Å². The fourth-order valence-electron chi connectivity index (χ4n) is 5.96. The Kier molecular flexibility index (Phi) is 4.01. The van der Waals surface area contributed by atoms with Crippen molar-refractivity contribution in [2.75, 3.05) is 19.6 Å². The third kappa shape index (κ3) is 2.73. The van der Waals surface area contributed by atoms with Gasteiger partial charge in [-0.25, -0.2) is 0 Å². The molecule has 2 amide bonds. The minimum absolute atomic E-state index is 0.125. The van der Waals surface area contributed by atoms with E-state index in [2.05, 4.69) is 25.3 Å². The number of thiophene rings is 1. The van der Waals surface area contributed by atoms with E-state index < -0.39 is 0 Å². The van der Waals surface area contributed by atoms with E-state index in [0.29, 0.717) is 30.2 Å². The smallest absolute Gasteiger partial charge is 0.257 e. The second kappa shape index (κ2) is 6.62. The molecule has 3 atom stereocenters. The second-order valence-corrected chi connectivity index (χ2v) is 9.95. The maximum atomic E-state index is 13.8. The molecule has 5 heterocycles. The molecule has 3 fully saturated rings. The van der Waals surface area contributed by atoms with E-state index in [-0.39, 0.29) is 5.91 Å². The topological polar surface area (TPSA) is 84.2 Å². The van der Waals surface area contributed by atoms with Crippen LogP contribution in [0.2, 0.25) is 0 Å². The molecular weight excluding hydrogens is 388 g/mol. The Morgan fingerprint density at radius 1 is 1.14 bits per heavy atom. The summed E-state index contributed by atoms with van der Waals surface area (Å²) in [7, 11) is 0. The zero-order valence-corrected chi connectivity index (χ0v) is 17.1. The highest BCUT2D eigenvalue weighted by atomic mass is 32.1. The predicted molar refractivity (Wildman–Crippen MR) is 106 cm³/mol. The van der Waals surface area contributed by atoms with Gasteiger partial charge in [-0.3, -0.25) is 9.59 Å². The largest absolute Gasteiger partial charge is 0.339 e. The Hall–Kier alpha value is -2.29. The summed E-state index contributed by atoms with van der Waals surface area (Å²) in [5.74, 6) is 1.23. The molecular formula is C20H24N6O2S. The fourth-order valence-corrected chi connectivity index (χ4v) is 7.26. The predicted octanol–water partition coefficient (Wildman–Crippen LogP) is 1.69. The van der Waals surface area contributed by atoms with Gasteiger partial charge in [0.25, 0.3) is 5.91 Å². The quantitative estimate of drug-likeness (QED) is 0.749. The summed E-state index contributed by atoms with van der Waals surface area (Å²) in [6.45, 7) is 2.31. The molecule has 3 aliphatic heterocycles. The number of nitrogens with zero attached hydrogens (tertiary/aromatic N) is 6. The van der Waals surface area contributed by atoms with Crippen molar-refractivity contribution in [2.24, 2.45) is 11.8 Å². The molecule has 1 aliphatic carbocycles. The van der Waals surface area contributed by atoms with Crippen LogP contribution in [0.15, 0.2) is 6.33 Å². The zero-order chi connectivity index (χ0) is 19.5. The number of aromatic nitrogens is 4. The highest BCUT2D eigenvalue weighted by molar-refractivity contribution is 7.15. The highest BCUT2D eigenvalue weighted by Gasteiger charge is 2.45. The Morgan fingerprint density at radius 2 is 2.07 bits per heavy atom. The molecule has 0 aromatic carbocycles. The number of hydrogen-bond donors (Lipinski definition) is 0. The van der Waals surface area contributed by atoms with Crippen LogP contribution < -0.4 is 0 Å². The first kappa shape index (κ1) is 17.6. The summed E-state index contributed by atoms with van der Waals surface area (Å²) >= 11 is 1.66. The summed E-state index contributed by atoms with van der Waals surface area (Å²) in [4.78, 5) is 31.6. The summed E-state index contributed by atoms with van der Waals surface area (Å²) in [6, 6.07) is 0.315. The first-order chi connectivity index (χ1) is 14.2. The summed E-state index contributed by atoms with van der Waals surface area (Å²) in [5.41, 5.74) is 2.02. The molecule has 152 valence electrons. The van der Waals surface area contributed by atoms with Gasteiger partial charge in [-0.2, -0.15) is 4.68 Å². The van der Waals surface area contributed by atoms with Gasteiger partial charge in [-0.1, -0.05) is 0 Å². The lowest BCUT2D eigenvalue weighted by atomic mass is 9.76. The van der Waals surface area contributed by atoms with Gasteiger partial charge in [0.1, 0.15) is 11.3 Å². The Labute approximate surface area is 172 Å². The molecule has 2 bridgehead atoms. The van der Waals surface area contributed by atoms with Gasteiger partial charge >= 0.3 is 0 Å². The number of carbonyl (C=O) groups excluding carboxylic acids is 2. The maximum Gasteiger partial charge on any atom is 0.257 e. The van der Waals surface area contributed by atoms with Crippen LogP contribution in [-0.4, -0.2) is 67.5 Å². The van der Waals surface area contributed by atoms with Gasteiger partial charge in [0, 0.05) is 37.0 Å². The number of fused-ring (bicyclic) bond motifs is 5. The van der Waals surface area contributed by atoms with Gasteiger partial charge < -0.3 is 9.80 Å². The van der Waals surface area contributed by atoms with Gasteiger partial charge in [0.2, 0.25) is 5.91 Å². The second-order valence-electron chi connectivity index (χ2n) is 8.87. The van der Waals surface area contributed by atoms with Crippen LogP contribution in [-0.2, 0) is 17.6 Å². The fraction of sp³-hybridized carbons (Fsp3) is 0.650. The van der Waals surface area contributed by atoms with E-state index in [4.69, 9.17) is 0 Å². The molecule has 9 heteroatoms. The van der Waals surface area contributed by atoms with Crippen molar-refractivity contribution in [1.29, 1.82) is 0 Å². The van der Waals surface area contributed by atoms with Gasteiger partial charge in [-0.15, -0.1) is 16.4 Å². The van der Waals surface area contributed by atoms with Crippen molar-refractivity contribution in [3.8, 4) is 5.00 Å². The number of amides is 2. The number of likely N-dealkylation sites (tertiary alicyclic amines) is 1. The van der Waals surface area contributed by atoms with Crippen LogP contribution in [0.1, 0.15) is 52.9 Å². The van der Waals surface area contributed by atoms with E-state index in [0.717, 1.165) is 68.7 Å². The van der Waals surface area contributed by atoms with E-state index in [1.165, 1.54) is 10.4 Å². The molecule has 0 spiro atoms. The molecule has 6 rings (SSSR count). The van der Waals surface area contributed by atoms with Crippen molar-refractivity contribution < 1.29 is 9.59 Å². The van der Waals surface area contributed by atoms with Crippen molar-refractivity contribution in [1.82, 2.24) is 30.0 Å². The lowest BCUT2D eigenvalue weighted by Crippen LogP contribution is -2.61. The number of aryl methyl sites for hydroxylation is 1. The van der Waals surface area contributed by atoms with Crippen LogP contribution in [0.3, 0.4) is 0 Å². The van der Waals surface area contributed by atoms with E-state index in [9.17, 15) is 9.59 Å². The molecule has 0 radical (unpaired) electrons. The molecule has 2 aromatic heterocycles. The number of hydrogen-bond acceptors (Lipinski definition) is 6. The summed E-state index contributed by atoms with van der Waals surface area (Å²) in [6.07, 6.45) is 8.57. The van der Waals surface area contributed by atoms with Crippen molar-refractivity contribution in [3.63, 3.8) is 0 Å². The van der Waals surface area contributed by atoms with Gasteiger partial charge in [-0.05, 0) is 66.4 Å². The summed E-state index contributed by atoms with van der Waals surface area (Å²) < 4.78 is 1.64. The van der Waals surface area contributed by atoms with E-state index >= 15 is 0 Å². The Morgan fingerprint density at radius 3 is 2.93 bits per heavy atom. The standard InChI is InChI=1S/C20H24N6O2S/c27-17-6-2-4-15-13-7-12(9-25(15)17)8-24(10-13)19(28)18-14-3-1-5-16(14)29-20(18)26-11-21-22-23-26/h11-13,15H,1-10H2/t12-,13+,15?/m1/s1. The van der Waals surface area contributed by atoms with Gasteiger partial charge in [0.15, 0.2) is 0 Å². The van der Waals surface area contributed by atoms with Crippen molar-refractivity contribution >= 4 is 23.2 Å². The van der Waals surface area contributed by atoms with Crippen LogP contribution >= 0.6 is 11.3 Å². The normalized spacial score (nSPS) is 28.4. The number of piperidine rings is 3. The number of carbonyl (C=O) groups is 2. The Balaban J connectivity index is 1.32. The minimum Gasteiger partial charge on any atom is -0.339 e. The molecule has 29 heavy (non-hydrogen) atoms. The molecule has 4 aliphatic rings. The molecule has 0 N–H and O–H groups in total. The van der Waals surface area contributed by atoms with Crippen LogP contribution in [0.4, 0.5) is 0 Å². The third-order valence-corrected chi connectivity index (χ3v) is 8.42. The molecule has 1 unspecified atom stereocenters. The molecule has 2 aromatic rings. The SMILES string of the molecule is O=C(c1c(-n2cnnn2)sc2c1CCC2)N1C[C@H]2C[C@@H](C1)C1CCCC(=O)N1C2. The van der Waals surface area contributed by atoms with Crippen LogP contribution in [0.25, 0.3) is 5.00 Å². The zero-order valence-electron chi connectivity index (χ0n) is 16.3. The number of tetrazole rings is 1.